The number of aromatic nitrogens is 1. The van der Waals surface area contributed by atoms with Crippen molar-refractivity contribution < 1.29 is 23.8 Å². The Kier molecular flexibility index (Phi) is 4.90. The van der Waals surface area contributed by atoms with Crippen molar-refractivity contribution in [2.75, 3.05) is 24.5 Å². The molecule has 0 spiro atoms. The van der Waals surface area contributed by atoms with Gasteiger partial charge >= 0.3 is 5.97 Å². The van der Waals surface area contributed by atoms with Crippen molar-refractivity contribution in [1.82, 2.24) is 9.88 Å². The minimum absolute atomic E-state index is 0.0649. The molecule has 0 saturated carbocycles. The quantitative estimate of drug-likeness (QED) is 0.609. The summed E-state index contributed by atoms with van der Waals surface area (Å²) >= 11 is 0. The summed E-state index contributed by atoms with van der Waals surface area (Å²) in [6.45, 7) is 3.71. The van der Waals surface area contributed by atoms with Gasteiger partial charge in [-0.2, -0.15) is 0 Å². The van der Waals surface area contributed by atoms with E-state index in [2.05, 4.69) is 5.32 Å². The molecular weight excluding hydrogens is 396 g/mol. The Morgan fingerprint density at radius 1 is 1.20 bits per heavy atom. The van der Waals surface area contributed by atoms with Crippen molar-refractivity contribution in [1.29, 1.82) is 0 Å². The number of carboxylic acid groups (broad SMARTS) is 1. The lowest BCUT2D eigenvalue weighted by Crippen LogP contribution is -2.49. The van der Waals surface area contributed by atoms with E-state index in [0.717, 1.165) is 24.4 Å². The number of hydrogen-bond donors (Lipinski definition) is 3. The normalized spacial score (nSPS) is 16.8. The molecule has 1 aliphatic heterocycles. The van der Waals surface area contributed by atoms with Crippen molar-refractivity contribution in [3.63, 3.8) is 0 Å². The van der Waals surface area contributed by atoms with Gasteiger partial charge in [0.2, 0.25) is 5.43 Å². The van der Waals surface area contributed by atoms with E-state index < -0.39 is 34.3 Å². The van der Waals surface area contributed by atoms with Crippen LogP contribution in [0.2, 0.25) is 0 Å². The Morgan fingerprint density at radius 2 is 1.97 bits per heavy atom. The molecule has 1 saturated heterocycles. The predicted octanol–water partition coefficient (Wildman–Crippen LogP) is 2.47. The number of phenolic OH excluding ortho intramolecular Hbond substituents is 1. The molecule has 2 aromatic carbocycles. The average molecular weight is 415 g/mol. The summed E-state index contributed by atoms with van der Waals surface area (Å²) in [6, 6.07) is 5.84. The maximum Gasteiger partial charge on any atom is 0.341 e. The first kappa shape index (κ1) is 19.8. The molecule has 0 bridgehead atoms. The highest BCUT2D eigenvalue weighted by Gasteiger charge is 2.23. The molecular formula is C21H19F2N3O4. The Morgan fingerprint density at radius 3 is 2.63 bits per heavy atom. The van der Waals surface area contributed by atoms with Crippen LogP contribution in [0.25, 0.3) is 16.6 Å². The van der Waals surface area contributed by atoms with E-state index in [4.69, 9.17) is 0 Å². The number of nitrogens with one attached hydrogen (secondary N) is 1. The third-order valence-corrected chi connectivity index (χ3v) is 5.21. The van der Waals surface area contributed by atoms with Gasteiger partial charge in [0.1, 0.15) is 22.9 Å². The molecule has 0 aliphatic carbocycles. The van der Waals surface area contributed by atoms with E-state index in [-0.39, 0.29) is 28.3 Å². The van der Waals surface area contributed by atoms with Crippen LogP contribution in [0.15, 0.2) is 41.3 Å². The molecule has 156 valence electrons. The first-order chi connectivity index (χ1) is 14.3. The number of piperazine rings is 1. The second-order valence-corrected chi connectivity index (χ2v) is 7.30. The number of pyridine rings is 1. The lowest BCUT2D eigenvalue weighted by Gasteiger charge is -2.34. The fourth-order valence-electron chi connectivity index (χ4n) is 3.78. The summed E-state index contributed by atoms with van der Waals surface area (Å²) in [5.41, 5.74) is -0.901. The van der Waals surface area contributed by atoms with E-state index in [0.29, 0.717) is 19.6 Å². The summed E-state index contributed by atoms with van der Waals surface area (Å²) in [5, 5.41) is 22.8. The molecule has 4 rings (SSSR count). The second kappa shape index (κ2) is 7.42. The summed E-state index contributed by atoms with van der Waals surface area (Å²) in [4.78, 5) is 26.1. The molecule has 1 atom stereocenters. The Bertz CT molecular complexity index is 1230. The number of anilines is 1. The van der Waals surface area contributed by atoms with Gasteiger partial charge in [0.15, 0.2) is 0 Å². The molecule has 1 aliphatic rings. The zero-order valence-corrected chi connectivity index (χ0v) is 16.0. The largest absolute Gasteiger partial charge is 0.506 e. The number of rotatable bonds is 3. The summed E-state index contributed by atoms with van der Waals surface area (Å²) < 4.78 is 29.7. The predicted molar refractivity (Wildman–Crippen MR) is 108 cm³/mol. The monoisotopic (exact) mass is 415 g/mol. The van der Waals surface area contributed by atoms with Crippen LogP contribution in [0.1, 0.15) is 17.3 Å². The number of halogens is 2. The summed E-state index contributed by atoms with van der Waals surface area (Å²) in [7, 11) is 0. The number of nitrogens with zero attached hydrogens (tertiary/aromatic N) is 2. The molecule has 2 heterocycles. The van der Waals surface area contributed by atoms with Gasteiger partial charge in [0.05, 0.1) is 16.9 Å². The van der Waals surface area contributed by atoms with Crippen LogP contribution >= 0.6 is 0 Å². The Hall–Kier alpha value is -3.46. The number of hydrogen-bond acceptors (Lipinski definition) is 5. The van der Waals surface area contributed by atoms with Crippen molar-refractivity contribution in [3.05, 3.63) is 63.9 Å². The van der Waals surface area contributed by atoms with Gasteiger partial charge in [-0.25, -0.2) is 13.6 Å². The van der Waals surface area contributed by atoms with Gasteiger partial charge in [-0.15, -0.1) is 0 Å². The van der Waals surface area contributed by atoms with Gasteiger partial charge in [0, 0.05) is 43.3 Å². The molecule has 1 fully saturated rings. The lowest BCUT2D eigenvalue weighted by molar-refractivity contribution is 0.0695. The fraction of sp³-hybridized carbons (Fsp3) is 0.238. The molecule has 0 amide bonds. The maximum atomic E-state index is 15.0. The highest BCUT2D eigenvalue weighted by Crippen LogP contribution is 2.30. The van der Waals surface area contributed by atoms with Crippen molar-refractivity contribution in [2.24, 2.45) is 0 Å². The van der Waals surface area contributed by atoms with Crippen LogP contribution in [0.3, 0.4) is 0 Å². The molecule has 7 nitrogen and oxygen atoms in total. The highest BCUT2D eigenvalue weighted by atomic mass is 19.1. The third-order valence-electron chi connectivity index (χ3n) is 5.21. The average Bonchev–Trinajstić information content (AvgIpc) is 2.68. The van der Waals surface area contributed by atoms with E-state index in [1.165, 1.54) is 16.7 Å². The van der Waals surface area contributed by atoms with Crippen molar-refractivity contribution in [3.8, 4) is 11.4 Å². The minimum atomic E-state index is -1.49. The first-order valence-electron chi connectivity index (χ1n) is 9.35. The first-order valence-corrected chi connectivity index (χ1v) is 9.35. The molecule has 1 unspecified atom stereocenters. The van der Waals surface area contributed by atoms with E-state index in [1.54, 1.807) is 0 Å². The standard InChI is InChI=1S/C21H19F2N3O4/c1-11-9-25(5-4-24-11)18-8-17-13(7-15(18)23)20(28)14(21(29)30)10-26(17)16-3-2-12(22)6-19(16)27/h2-3,6-8,10-11,24,27H,4-5,9H2,1H3,(H,29,30). The molecule has 30 heavy (non-hydrogen) atoms. The number of aromatic carboxylic acids is 1. The van der Waals surface area contributed by atoms with Crippen LogP contribution in [0.4, 0.5) is 14.5 Å². The Labute approximate surface area is 169 Å². The number of carbonyl (C=O) groups is 1. The van der Waals surface area contributed by atoms with Gasteiger partial charge in [-0.05, 0) is 31.2 Å². The number of aromatic hydroxyl groups is 1. The van der Waals surface area contributed by atoms with Gasteiger partial charge in [-0.1, -0.05) is 0 Å². The zero-order valence-electron chi connectivity index (χ0n) is 16.0. The number of carboxylic acids is 1. The molecule has 0 radical (unpaired) electrons. The fourth-order valence-corrected chi connectivity index (χ4v) is 3.78. The van der Waals surface area contributed by atoms with Gasteiger partial charge in [-0.3, -0.25) is 4.79 Å². The number of benzene rings is 2. The number of fused-ring (bicyclic) bond motifs is 1. The van der Waals surface area contributed by atoms with Crippen LogP contribution in [-0.4, -0.2) is 46.4 Å². The zero-order chi connectivity index (χ0) is 21.6. The Balaban J connectivity index is 2.03. The molecule has 3 aromatic rings. The summed E-state index contributed by atoms with van der Waals surface area (Å²) in [6.07, 6.45) is 1.06. The van der Waals surface area contributed by atoms with E-state index in [1.807, 2.05) is 11.8 Å². The van der Waals surface area contributed by atoms with Crippen molar-refractivity contribution in [2.45, 2.75) is 13.0 Å². The van der Waals surface area contributed by atoms with Crippen LogP contribution < -0.4 is 15.6 Å². The smallest absolute Gasteiger partial charge is 0.341 e. The van der Waals surface area contributed by atoms with Gasteiger partial charge < -0.3 is 25.0 Å². The lowest BCUT2D eigenvalue weighted by atomic mass is 10.1. The maximum absolute atomic E-state index is 15.0. The highest BCUT2D eigenvalue weighted by molar-refractivity contribution is 5.94. The van der Waals surface area contributed by atoms with Crippen LogP contribution in [0, 0.1) is 11.6 Å². The number of phenols is 1. The topological polar surface area (TPSA) is 94.8 Å². The van der Waals surface area contributed by atoms with Crippen LogP contribution in [-0.2, 0) is 0 Å². The SMILES string of the molecule is CC1CN(c2cc3c(cc2F)c(=O)c(C(=O)O)cn3-c2ccc(F)cc2O)CCN1. The molecule has 9 heteroatoms. The third kappa shape index (κ3) is 3.37. The molecule has 3 N–H and O–H groups in total. The summed E-state index contributed by atoms with van der Waals surface area (Å²) in [5.74, 6) is -3.26. The minimum Gasteiger partial charge on any atom is -0.506 e. The van der Waals surface area contributed by atoms with Gasteiger partial charge in [0.25, 0.3) is 0 Å². The van der Waals surface area contributed by atoms with Crippen molar-refractivity contribution >= 4 is 22.6 Å². The van der Waals surface area contributed by atoms with E-state index in [9.17, 15) is 28.6 Å². The van der Waals surface area contributed by atoms with E-state index >= 15 is 0 Å². The van der Waals surface area contributed by atoms with Crippen LogP contribution in [0.5, 0.6) is 5.75 Å². The molecule has 1 aromatic heterocycles. The second-order valence-electron chi connectivity index (χ2n) is 7.30.